The number of Topliss-reactive ketones (excluding diaryl/α,β-unsaturated/α-hetero) is 1. The van der Waals surface area contributed by atoms with Gasteiger partial charge >= 0.3 is 0 Å². The average Bonchev–Trinajstić information content (AvgIpc) is 3.14. The van der Waals surface area contributed by atoms with Crippen molar-refractivity contribution in [2.24, 2.45) is 0 Å². The van der Waals surface area contributed by atoms with E-state index in [2.05, 4.69) is 4.98 Å². The van der Waals surface area contributed by atoms with E-state index in [0.29, 0.717) is 22.4 Å². The van der Waals surface area contributed by atoms with Gasteiger partial charge < -0.3 is 5.11 Å². The van der Waals surface area contributed by atoms with E-state index < -0.39 is 17.7 Å². The second-order valence-corrected chi connectivity index (χ2v) is 7.67. The Balaban J connectivity index is 1.71. The third kappa shape index (κ3) is 3.42. The number of aliphatic hydroxyl groups excluding tert-OH is 1. The Morgan fingerprint density at radius 1 is 0.909 bits per heavy atom. The fourth-order valence-corrected chi connectivity index (χ4v) is 4.15. The van der Waals surface area contributed by atoms with E-state index in [1.807, 2.05) is 36.4 Å². The van der Waals surface area contributed by atoms with Crippen LogP contribution < -0.4 is 4.90 Å². The third-order valence-corrected chi connectivity index (χ3v) is 5.76. The Morgan fingerprint density at radius 3 is 2.30 bits per heavy atom. The Morgan fingerprint density at radius 2 is 1.61 bits per heavy atom. The number of carbonyl (C=O) groups is 2. The standard InChI is InChI=1S/C27H17N3O3/c28-16-17-5-9-22(10-6-17)30-24(19-11-13-29-14-12-19)23(26(32)27(30)33)25(31)21-8-7-18-3-1-2-4-20(18)15-21/h1-15,24,31H/b25-23-. The summed E-state index contributed by atoms with van der Waals surface area (Å²) in [6, 6.07) is 24.1. The SMILES string of the molecule is N#Cc1ccc(N2C(=O)C(=O)/C(=C(\O)c3ccc4ccccc4c3)C2c2ccncc2)cc1. The maximum Gasteiger partial charge on any atom is 0.300 e. The predicted molar refractivity (Wildman–Crippen MR) is 124 cm³/mol. The zero-order valence-corrected chi connectivity index (χ0v) is 17.3. The first-order chi connectivity index (χ1) is 16.1. The molecule has 4 aromatic rings. The summed E-state index contributed by atoms with van der Waals surface area (Å²) < 4.78 is 0. The highest BCUT2D eigenvalue weighted by atomic mass is 16.3. The number of fused-ring (bicyclic) bond motifs is 1. The van der Waals surface area contributed by atoms with Gasteiger partial charge in [0.2, 0.25) is 0 Å². The Hall–Kier alpha value is -4.76. The maximum absolute atomic E-state index is 13.2. The van der Waals surface area contributed by atoms with Crippen LogP contribution in [0, 0.1) is 11.3 Å². The van der Waals surface area contributed by atoms with Crippen molar-refractivity contribution in [3.05, 3.63) is 114 Å². The highest BCUT2D eigenvalue weighted by Crippen LogP contribution is 2.42. The molecule has 2 heterocycles. The molecule has 6 heteroatoms. The molecule has 1 aliphatic heterocycles. The van der Waals surface area contributed by atoms with Gasteiger partial charge in [0.1, 0.15) is 5.76 Å². The van der Waals surface area contributed by atoms with Crippen LogP contribution >= 0.6 is 0 Å². The lowest BCUT2D eigenvalue weighted by Gasteiger charge is -2.25. The molecule has 6 nitrogen and oxygen atoms in total. The van der Waals surface area contributed by atoms with Crippen LogP contribution in [0.4, 0.5) is 5.69 Å². The zero-order chi connectivity index (χ0) is 22.9. The minimum absolute atomic E-state index is 0.00541. The van der Waals surface area contributed by atoms with Gasteiger partial charge in [-0.15, -0.1) is 0 Å². The molecule has 1 atom stereocenters. The molecule has 1 saturated heterocycles. The largest absolute Gasteiger partial charge is 0.507 e. The van der Waals surface area contributed by atoms with Crippen molar-refractivity contribution in [2.45, 2.75) is 6.04 Å². The number of carbonyl (C=O) groups excluding carboxylic acids is 2. The normalized spacial score (nSPS) is 17.3. The van der Waals surface area contributed by atoms with Gasteiger partial charge in [-0.3, -0.25) is 19.5 Å². The van der Waals surface area contributed by atoms with Crippen molar-refractivity contribution in [1.29, 1.82) is 5.26 Å². The van der Waals surface area contributed by atoms with E-state index in [-0.39, 0.29) is 11.3 Å². The van der Waals surface area contributed by atoms with Crippen LogP contribution in [0.3, 0.4) is 0 Å². The number of amides is 1. The van der Waals surface area contributed by atoms with Crippen LogP contribution in [0.2, 0.25) is 0 Å². The molecule has 1 N–H and O–H groups in total. The van der Waals surface area contributed by atoms with Crippen LogP contribution in [0.5, 0.6) is 0 Å². The number of rotatable bonds is 3. The monoisotopic (exact) mass is 431 g/mol. The minimum Gasteiger partial charge on any atom is -0.507 e. The van der Waals surface area contributed by atoms with E-state index in [1.165, 1.54) is 4.90 Å². The summed E-state index contributed by atoms with van der Waals surface area (Å²) in [5.41, 5.74) is 1.98. The molecule has 1 aromatic heterocycles. The average molecular weight is 431 g/mol. The maximum atomic E-state index is 13.2. The molecule has 1 aliphatic rings. The topological polar surface area (TPSA) is 94.3 Å². The highest BCUT2D eigenvalue weighted by molar-refractivity contribution is 6.51. The highest BCUT2D eigenvalue weighted by Gasteiger charge is 2.46. The first-order valence-corrected chi connectivity index (χ1v) is 10.3. The fraction of sp³-hybridized carbons (Fsp3) is 0.0370. The number of hydrogen-bond acceptors (Lipinski definition) is 5. The molecule has 0 saturated carbocycles. The lowest BCUT2D eigenvalue weighted by Crippen LogP contribution is -2.29. The molecular weight excluding hydrogens is 414 g/mol. The smallest absolute Gasteiger partial charge is 0.300 e. The van der Waals surface area contributed by atoms with Gasteiger partial charge in [-0.25, -0.2) is 0 Å². The second-order valence-electron chi connectivity index (χ2n) is 7.67. The fourth-order valence-electron chi connectivity index (χ4n) is 4.15. The molecule has 0 bridgehead atoms. The molecule has 3 aromatic carbocycles. The Bertz CT molecular complexity index is 1470. The number of nitriles is 1. The van der Waals surface area contributed by atoms with E-state index >= 15 is 0 Å². The molecule has 1 unspecified atom stereocenters. The van der Waals surface area contributed by atoms with E-state index in [1.54, 1.807) is 60.9 Å². The number of aliphatic hydroxyl groups is 1. The van der Waals surface area contributed by atoms with Gasteiger partial charge in [-0.1, -0.05) is 36.4 Å². The molecule has 33 heavy (non-hydrogen) atoms. The first-order valence-electron chi connectivity index (χ1n) is 10.3. The Labute approximate surface area is 189 Å². The summed E-state index contributed by atoms with van der Waals surface area (Å²) >= 11 is 0. The van der Waals surface area contributed by atoms with Gasteiger partial charge in [-0.05, 0) is 58.8 Å². The summed E-state index contributed by atoms with van der Waals surface area (Å²) in [5.74, 6) is -1.76. The minimum atomic E-state index is -0.840. The molecule has 5 rings (SSSR count). The lowest BCUT2D eigenvalue weighted by molar-refractivity contribution is -0.132. The molecule has 0 aliphatic carbocycles. The third-order valence-electron chi connectivity index (χ3n) is 5.76. The van der Waals surface area contributed by atoms with E-state index in [9.17, 15) is 14.7 Å². The van der Waals surface area contributed by atoms with Crippen molar-refractivity contribution < 1.29 is 14.7 Å². The quantitative estimate of drug-likeness (QED) is 0.287. The predicted octanol–water partition coefficient (Wildman–Crippen LogP) is 4.73. The lowest BCUT2D eigenvalue weighted by atomic mass is 9.95. The van der Waals surface area contributed by atoms with Crippen molar-refractivity contribution in [1.82, 2.24) is 4.98 Å². The van der Waals surface area contributed by atoms with Gasteiger partial charge in [-0.2, -0.15) is 5.26 Å². The second kappa shape index (κ2) is 8.06. The summed E-state index contributed by atoms with van der Waals surface area (Å²) in [5, 5.41) is 22.3. The molecular formula is C27H17N3O3. The van der Waals surface area contributed by atoms with Gasteiger partial charge in [0.25, 0.3) is 11.7 Å². The summed E-state index contributed by atoms with van der Waals surface area (Å²) in [7, 11) is 0. The number of hydrogen-bond donors (Lipinski definition) is 1. The van der Waals surface area contributed by atoms with Crippen LogP contribution in [0.15, 0.2) is 96.8 Å². The first kappa shape index (κ1) is 20.2. The van der Waals surface area contributed by atoms with Crippen molar-refractivity contribution in [2.75, 3.05) is 4.90 Å². The van der Waals surface area contributed by atoms with E-state index in [4.69, 9.17) is 5.26 Å². The number of nitrogens with zero attached hydrogens (tertiary/aromatic N) is 3. The molecule has 0 spiro atoms. The number of anilines is 1. The molecule has 1 amide bonds. The number of ketones is 1. The summed E-state index contributed by atoms with van der Waals surface area (Å²) in [4.78, 5) is 31.7. The van der Waals surface area contributed by atoms with Crippen LogP contribution in [0.1, 0.15) is 22.7 Å². The Kier molecular flexibility index (Phi) is 4.92. The number of pyridine rings is 1. The van der Waals surface area contributed by atoms with Crippen molar-refractivity contribution in [3.63, 3.8) is 0 Å². The van der Waals surface area contributed by atoms with Gasteiger partial charge in [0.15, 0.2) is 0 Å². The van der Waals surface area contributed by atoms with Crippen LogP contribution in [-0.2, 0) is 9.59 Å². The zero-order valence-electron chi connectivity index (χ0n) is 17.3. The summed E-state index contributed by atoms with van der Waals surface area (Å²) in [6.45, 7) is 0. The summed E-state index contributed by atoms with van der Waals surface area (Å²) in [6.07, 6.45) is 3.15. The molecule has 158 valence electrons. The molecule has 0 radical (unpaired) electrons. The molecule has 1 fully saturated rings. The van der Waals surface area contributed by atoms with Crippen LogP contribution in [-0.4, -0.2) is 21.8 Å². The van der Waals surface area contributed by atoms with Crippen molar-refractivity contribution in [3.8, 4) is 6.07 Å². The van der Waals surface area contributed by atoms with E-state index in [0.717, 1.165) is 10.8 Å². The van der Waals surface area contributed by atoms with Crippen molar-refractivity contribution >= 4 is 33.9 Å². The van der Waals surface area contributed by atoms with Gasteiger partial charge in [0.05, 0.1) is 23.2 Å². The number of benzene rings is 3. The number of aromatic nitrogens is 1. The van der Waals surface area contributed by atoms with Gasteiger partial charge in [0, 0.05) is 23.6 Å². The van der Waals surface area contributed by atoms with Crippen LogP contribution in [0.25, 0.3) is 16.5 Å².